The molecule has 0 bridgehead atoms. The highest BCUT2D eigenvalue weighted by molar-refractivity contribution is 5.79. The summed E-state index contributed by atoms with van der Waals surface area (Å²) in [6, 6.07) is 7.48. The lowest BCUT2D eigenvalue weighted by atomic mass is 10.0. The van der Waals surface area contributed by atoms with Gasteiger partial charge in [0.15, 0.2) is 0 Å². The van der Waals surface area contributed by atoms with Gasteiger partial charge in [-0.25, -0.2) is 0 Å². The van der Waals surface area contributed by atoms with E-state index in [1.165, 1.54) is 6.92 Å². The molecule has 4 N–H and O–H groups in total. The second-order valence-electron chi connectivity index (χ2n) is 6.50. The van der Waals surface area contributed by atoms with E-state index in [0.29, 0.717) is 12.5 Å². The van der Waals surface area contributed by atoms with E-state index in [9.17, 15) is 9.59 Å². The van der Waals surface area contributed by atoms with Crippen molar-refractivity contribution < 1.29 is 9.59 Å². The van der Waals surface area contributed by atoms with Crippen LogP contribution in [-0.4, -0.2) is 24.4 Å². The van der Waals surface area contributed by atoms with Crippen molar-refractivity contribution in [1.82, 2.24) is 10.6 Å². The van der Waals surface area contributed by atoms with E-state index in [-0.39, 0.29) is 30.3 Å². The molecule has 0 heterocycles. The molecule has 0 aliphatic carbocycles. The van der Waals surface area contributed by atoms with E-state index < -0.39 is 0 Å². The van der Waals surface area contributed by atoms with Gasteiger partial charge in [-0.05, 0) is 24.8 Å². The number of nitrogens with one attached hydrogen (secondary N) is 2. The van der Waals surface area contributed by atoms with Gasteiger partial charge >= 0.3 is 0 Å². The average molecular weight is 319 g/mol. The van der Waals surface area contributed by atoms with E-state index in [1.807, 2.05) is 31.2 Å². The van der Waals surface area contributed by atoms with Crippen LogP contribution < -0.4 is 16.4 Å². The van der Waals surface area contributed by atoms with Crippen molar-refractivity contribution >= 4 is 11.8 Å². The number of amides is 2. The second kappa shape index (κ2) is 9.30. The van der Waals surface area contributed by atoms with Crippen LogP contribution in [0.25, 0.3) is 0 Å². The number of hydrogen-bond acceptors (Lipinski definition) is 3. The monoisotopic (exact) mass is 319 g/mol. The Bertz CT molecular complexity index is 512. The van der Waals surface area contributed by atoms with Crippen LogP contribution >= 0.6 is 0 Å². The number of rotatable bonds is 8. The van der Waals surface area contributed by atoms with Gasteiger partial charge in [0.05, 0.1) is 12.5 Å². The highest BCUT2D eigenvalue weighted by Crippen LogP contribution is 2.18. The van der Waals surface area contributed by atoms with E-state index in [2.05, 4.69) is 24.5 Å². The van der Waals surface area contributed by atoms with Crippen LogP contribution in [0, 0.1) is 12.8 Å². The van der Waals surface area contributed by atoms with Gasteiger partial charge in [0.25, 0.3) is 0 Å². The molecule has 0 saturated carbocycles. The lowest BCUT2D eigenvalue weighted by Gasteiger charge is -2.22. The maximum atomic E-state index is 12.3. The standard InChI is InChI=1S/C18H29N3O2/c1-12(2)9-16(11-19)21-18(23)10-17(20-14(4)22)15-7-5-13(3)6-8-15/h5-8,12,16-17H,9-11,19H2,1-4H3,(H,20,22)(H,21,23). The Kier molecular flexibility index (Phi) is 7.75. The van der Waals surface area contributed by atoms with Crippen LogP contribution in [0.4, 0.5) is 0 Å². The van der Waals surface area contributed by atoms with Crippen molar-refractivity contribution in [1.29, 1.82) is 0 Å². The first kappa shape index (κ1) is 19.2. The largest absolute Gasteiger partial charge is 0.352 e. The number of carbonyl (C=O) groups excluding carboxylic acids is 2. The summed E-state index contributed by atoms with van der Waals surface area (Å²) in [5, 5.41) is 5.82. The number of benzene rings is 1. The molecule has 0 fully saturated rings. The second-order valence-corrected chi connectivity index (χ2v) is 6.50. The van der Waals surface area contributed by atoms with E-state index in [1.54, 1.807) is 0 Å². The predicted molar refractivity (Wildman–Crippen MR) is 92.8 cm³/mol. The van der Waals surface area contributed by atoms with Crippen LogP contribution in [-0.2, 0) is 9.59 Å². The highest BCUT2D eigenvalue weighted by atomic mass is 16.2. The van der Waals surface area contributed by atoms with Crippen molar-refractivity contribution in [2.45, 2.75) is 52.6 Å². The van der Waals surface area contributed by atoms with Crippen LogP contribution in [0.2, 0.25) is 0 Å². The van der Waals surface area contributed by atoms with Crippen LogP contribution in [0.5, 0.6) is 0 Å². The molecule has 5 nitrogen and oxygen atoms in total. The van der Waals surface area contributed by atoms with Gasteiger partial charge in [-0.2, -0.15) is 0 Å². The maximum absolute atomic E-state index is 12.3. The molecule has 1 aromatic rings. The van der Waals surface area contributed by atoms with E-state index >= 15 is 0 Å². The minimum absolute atomic E-state index is 0.0292. The zero-order chi connectivity index (χ0) is 17.4. The lowest BCUT2D eigenvalue weighted by Crippen LogP contribution is -2.42. The Morgan fingerprint density at radius 3 is 2.22 bits per heavy atom. The summed E-state index contributed by atoms with van der Waals surface area (Å²) in [5.74, 6) is 0.216. The molecule has 23 heavy (non-hydrogen) atoms. The highest BCUT2D eigenvalue weighted by Gasteiger charge is 2.19. The predicted octanol–water partition coefficient (Wildman–Crippen LogP) is 2.05. The van der Waals surface area contributed by atoms with Crippen LogP contribution in [0.3, 0.4) is 0 Å². The molecule has 2 unspecified atom stereocenters. The maximum Gasteiger partial charge on any atom is 0.222 e. The summed E-state index contributed by atoms with van der Waals surface area (Å²) >= 11 is 0. The van der Waals surface area contributed by atoms with Crippen molar-refractivity contribution in [3.05, 3.63) is 35.4 Å². The third kappa shape index (κ3) is 7.28. The number of hydrogen-bond donors (Lipinski definition) is 3. The Morgan fingerprint density at radius 1 is 1.13 bits per heavy atom. The lowest BCUT2D eigenvalue weighted by molar-refractivity contribution is -0.123. The van der Waals surface area contributed by atoms with Gasteiger partial charge < -0.3 is 16.4 Å². The number of carbonyl (C=O) groups is 2. The fourth-order valence-electron chi connectivity index (χ4n) is 2.55. The third-order valence-corrected chi connectivity index (χ3v) is 3.65. The molecule has 0 aromatic heterocycles. The molecule has 0 aliphatic rings. The summed E-state index contributed by atoms with van der Waals surface area (Å²) in [7, 11) is 0. The molecular weight excluding hydrogens is 290 g/mol. The van der Waals surface area contributed by atoms with Gasteiger partial charge in [-0.3, -0.25) is 9.59 Å². The summed E-state index contributed by atoms with van der Waals surface area (Å²) in [5.41, 5.74) is 7.79. The molecule has 0 aliphatic heterocycles. The quantitative estimate of drug-likeness (QED) is 0.685. The minimum Gasteiger partial charge on any atom is -0.352 e. The van der Waals surface area contributed by atoms with Crippen LogP contribution in [0.1, 0.15) is 50.8 Å². The van der Waals surface area contributed by atoms with Crippen molar-refractivity contribution in [3.8, 4) is 0 Å². The molecule has 1 rings (SSSR count). The molecular formula is C18H29N3O2. The van der Waals surface area contributed by atoms with Gasteiger partial charge in [0.1, 0.15) is 0 Å². The van der Waals surface area contributed by atoms with Gasteiger partial charge in [-0.15, -0.1) is 0 Å². The van der Waals surface area contributed by atoms with E-state index in [4.69, 9.17) is 5.73 Å². The van der Waals surface area contributed by atoms with Gasteiger partial charge in [-0.1, -0.05) is 43.7 Å². The fourth-order valence-corrected chi connectivity index (χ4v) is 2.55. The number of nitrogens with two attached hydrogens (primary N) is 1. The van der Waals surface area contributed by atoms with Crippen molar-refractivity contribution in [2.24, 2.45) is 11.7 Å². The zero-order valence-electron chi connectivity index (χ0n) is 14.6. The minimum atomic E-state index is -0.328. The average Bonchev–Trinajstić information content (AvgIpc) is 2.45. The fraction of sp³-hybridized carbons (Fsp3) is 0.556. The molecule has 1 aromatic carbocycles. The molecule has 2 atom stereocenters. The van der Waals surface area contributed by atoms with Gasteiger partial charge in [0.2, 0.25) is 11.8 Å². The Hall–Kier alpha value is -1.88. The zero-order valence-corrected chi connectivity index (χ0v) is 14.6. The first-order valence-corrected chi connectivity index (χ1v) is 8.15. The SMILES string of the molecule is CC(=O)NC(CC(=O)NC(CN)CC(C)C)c1ccc(C)cc1. The summed E-state index contributed by atoms with van der Waals surface area (Å²) in [4.78, 5) is 23.7. The summed E-state index contributed by atoms with van der Waals surface area (Å²) < 4.78 is 0. The number of aryl methyl sites for hydroxylation is 1. The normalized spacial score (nSPS) is 13.5. The van der Waals surface area contributed by atoms with Gasteiger partial charge in [0, 0.05) is 19.5 Å². The van der Waals surface area contributed by atoms with E-state index in [0.717, 1.165) is 17.5 Å². The molecule has 0 spiro atoms. The topological polar surface area (TPSA) is 84.2 Å². The van der Waals surface area contributed by atoms with Crippen molar-refractivity contribution in [3.63, 3.8) is 0 Å². The Labute approximate surface area is 139 Å². The third-order valence-electron chi connectivity index (χ3n) is 3.65. The first-order valence-electron chi connectivity index (χ1n) is 8.15. The molecule has 5 heteroatoms. The Balaban J connectivity index is 2.74. The van der Waals surface area contributed by atoms with Crippen molar-refractivity contribution in [2.75, 3.05) is 6.54 Å². The molecule has 0 saturated heterocycles. The Morgan fingerprint density at radius 2 is 1.74 bits per heavy atom. The summed E-state index contributed by atoms with van der Waals surface area (Å²) in [6.45, 7) is 8.07. The first-order chi connectivity index (χ1) is 10.8. The smallest absolute Gasteiger partial charge is 0.222 e. The summed E-state index contributed by atoms with van der Waals surface area (Å²) in [6.07, 6.45) is 1.05. The molecule has 2 amide bonds. The molecule has 0 radical (unpaired) electrons. The molecule has 128 valence electrons. The van der Waals surface area contributed by atoms with Crippen LogP contribution in [0.15, 0.2) is 24.3 Å².